The van der Waals surface area contributed by atoms with Crippen LogP contribution in [0.15, 0.2) is 0 Å². The molecule has 0 aromatic carbocycles. The maximum atomic E-state index is 12.2. The first kappa shape index (κ1) is 14.8. The molecule has 3 nitrogen and oxygen atoms in total. The van der Waals surface area contributed by atoms with E-state index in [-0.39, 0.29) is 0 Å². The van der Waals surface area contributed by atoms with Gasteiger partial charge in [-0.1, -0.05) is 32.6 Å². The van der Waals surface area contributed by atoms with Crippen LogP contribution in [0.5, 0.6) is 0 Å². The molecule has 0 aromatic heterocycles. The van der Waals surface area contributed by atoms with Crippen LogP contribution < -0.4 is 5.32 Å². The summed E-state index contributed by atoms with van der Waals surface area (Å²) in [5.74, 6) is 1.18. The number of hydrogen-bond acceptors (Lipinski definition) is 2. The molecule has 0 spiro atoms. The summed E-state index contributed by atoms with van der Waals surface area (Å²) < 4.78 is 0. The second kappa shape index (κ2) is 7.88. The maximum Gasteiger partial charge on any atom is 0.236 e. The molecule has 1 N–H and O–H groups in total. The van der Waals surface area contributed by atoms with Crippen LogP contribution in [0.2, 0.25) is 0 Å². The summed E-state index contributed by atoms with van der Waals surface area (Å²) in [5, 5.41) is 3.44. The quantitative estimate of drug-likeness (QED) is 0.830. The first-order chi connectivity index (χ1) is 9.29. The second-order valence-corrected chi connectivity index (χ2v) is 6.33. The molecule has 2 aliphatic rings. The van der Waals surface area contributed by atoms with Crippen molar-refractivity contribution in [3.8, 4) is 0 Å². The predicted octanol–water partition coefficient (Wildman–Crippen LogP) is 2.95. The lowest BCUT2D eigenvalue weighted by atomic mass is 9.96. The lowest BCUT2D eigenvalue weighted by Crippen LogP contribution is -2.41. The summed E-state index contributed by atoms with van der Waals surface area (Å²) in [6.07, 6.45) is 11.5. The molecule has 1 atom stereocenters. The fraction of sp³-hybridized carbons (Fsp3) is 0.938. The summed E-state index contributed by atoms with van der Waals surface area (Å²) in [7, 11) is 0. The molecule has 1 amide bonds. The smallest absolute Gasteiger partial charge is 0.236 e. The third-order valence-electron chi connectivity index (χ3n) is 4.79. The number of likely N-dealkylation sites (tertiary alicyclic amines) is 1. The lowest BCUT2D eigenvalue weighted by molar-refractivity contribution is -0.130. The van der Waals surface area contributed by atoms with Crippen molar-refractivity contribution < 1.29 is 4.79 Å². The van der Waals surface area contributed by atoms with Crippen molar-refractivity contribution >= 4 is 5.91 Å². The van der Waals surface area contributed by atoms with Gasteiger partial charge in [-0.25, -0.2) is 0 Å². The van der Waals surface area contributed by atoms with E-state index in [1.165, 1.54) is 57.8 Å². The van der Waals surface area contributed by atoms with Gasteiger partial charge in [-0.15, -0.1) is 0 Å². The molecule has 2 fully saturated rings. The topological polar surface area (TPSA) is 32.3 Å². The minimum atomic E-state index is 0.323. The van der Waals surface area contributed by atoms with Crippen LogP contribution in [0.4, 0.5) is 0 Å². The van der Waals surface area contributed by atoms with E-state index >= 15 is 0 Å². The van der Waals surface area contributed by atoms with Gasteiger partial charge < -0.3 is 10.2 Å². The van der Waals surface area contributed by atoms with E-state index < -0.39 is 0 Å². The average molecular weight is 266 g/mol. The van der Waals surface area contributed by atoms with Gasteiger partial charge in [0.1, 0.15) is 0 Å². The van der Waals surface area contributed by atoms with Crippen molar-refractivity contribution in [1.82, 2.24) is 10.2 Å². The summed E-state index contributed by atoms with van der Waals surface area (Å²) >= 11 is 0. The largest absolute Gasteiger partial charge is 0.342 e. The Morgan fingerprint density at radius 3 is 2.63 bits per heavy atom. The second-order valence-electron chi connectivity index (χ2n) is 6.33. The Morgan fingerprint density at radius 2 is 1.89 bits per heavy atom. The zero-order valence-corrected chi connectivity index (χ0v) is 12.5. The van der Waals surface area contributed by atoms with Crippen LogP contribution in [-0.4, -0.2) is 36.5 Å². The molecular formula is C16H30N2O. The Bertz CT molecular complexity index is 274. The Kier molecular flexibility index (Phi) is 6.15. The van der Waals surface area contributed by atoms with Crippen molar-refractivity contribution in [2.24, 2.45) is 5.92 Å². The van der Waals surface area contributed by atoms with E-state index in [1.54, 1.807) is 0 Å². The number of carbonyl (C=O) groups is 1. The van der Waals surface area contributed by atoms with Crippen LogP contribution in [0.1, 0.15) is 64.7 Å². The molecule has 0 bridgehead atoms. The highest BCUT2D eigenvalue weighted by molar-refractivity contribution is 5.78. The summed E-state index contributed by atoms with van der Waals surface area (Å²) in [5.41, 5.74) is 0. The molecule has 1 heterocycles. The minimum absolute atomic E-state index is 0.323. The zero-order valence-electron chi connectivity index (χ0n) is 12.5. The SMILES string of the molecule is CCCC1CCCN(C(=O)CNC2CCCC2)CC1. The fourth-order valence-corrected chi connectivity index (χ4v) is 3.59. The third-order valence-corrected chi connectivity index (χ3v) is 4.79. The highest BCUT2D eigenvalue weighted by Gasteiger charge is 2.21. The average Bonchev–Trinajstić information content (AvgIpc) is 2.82. The Labute approximate surface area is 118 Å². The molecule has 1 aliphatic carbocycles. The van der Waals surface area contributed by atoms with E-state index in [0.717, 1.165) is 19.0 Å². The molecule has 0 aromatic rings. The Balaban J connectivity index is 1.69. The van der Waals surface area contributed by atoms with Crippen LogP contribution in [0.25, 0.3) is 0 Å². The molecule has 0 radical (unpaired) electrons. The van der Waals surface area contributed by atoms with Crippen molar-refractivity contribution in [2.75, 3.05) is 19.6 Å². The number of rotatable bonds is 5. The van der Waals surface area contributed by atoms with Gasteiger partial charge in [0.25, 0.3) is 0 Å². The van der Waals surface area contributed by atoms with Gasteiger partial charge in [0.2, 0.25) is 5.91 Å². The van der Waals surface area contributed by atoms with E-state index in [1.807, 2.05) is 0 Å². The predicted molar refractivity (Wildman–Crippen MR) is 79.1 cm³/mol. The molecule has 3 heteroatoms. The van der Waals surface area contributed by atoms with Gasteiger partial charge in [0, 0.05) is 19.1 Å². The summed E-state index contributed by atoms with van der Waals surface area (Å²) in [6, 6.07) is 0.601. The van der Waals surface area contributed by atoms with Crippen molar-refractivity contribution in [3.63, 3.8) is 0 Å². The van der Waals surface area contributed by atoms with Crippen LogP contribution in [0.3, 0.4) is 0 Å². The number of nitrogens with one attached hydrogen (secondary N) is 1. The van der Waals surface area contributed by atoms with Crippen molar-refractivity contribution in [2.45, 2.75) is 70.8 Å². The summed E-state index contributed by atoms with van der Waals surface area (Å²) in [4.78, 5) is 14.3. The van der Waals surface area contributed by atoms with Gasteiger partial charge >= 0.3 is 0 Å². The number of hydrogen-bond donors (Lipinski definition) is 1. The van der Waals surface area contributed by atoms with Crippen molar-refractivity contribution in [1.29, 1.82) is 0 Å². The number of amides is 1. The minimum Gasteiger partial charge on any atom is -0.342 e. The van der Waals surface area contributed by atoms with Gasteiger partial charge in [-0.2, -0.15) is 0 Å². The van der Waals surface area contributed by atoms with Crippen LogP contribution in [-0.2, 0) is 4.79 Å². The first-order valence-electron chi connectivity index (χ1n) is 8.30. The molecule has 19 heavy (non-hydrogen) atoms. The van der Waals surface area contributed by atoms with Gasteiger partial charge in [0.15, 0.2) is 0 Å². The molecule has 1 unspecified atom stereocenters. The molecule has 1 saturated heterocycles. The lowest BCUT2D eigenvalue weighted by Gasteiger charge is -2.22. The molecular weight excluding hydrogens is 236 g/mol. The van der Waals surface area contributed by atoms with Crippen molar-refractivity contribution in [3.05, 3.63) is 0 Å². The normalized spacial score (nSPS) is 25.5. The van der Waals surface area contributed by atoms with Gasteiger partial charge in [0.05, 0.1) is 6.54 Å². The summed E-state index contributed by atoms with van der Waals surface area (Å²) in [6.45, 7) is 4.78. The van der Waals surface area contributed by atoms with Gasteiger partial charge in [-0.3, -0.25) is 4.79 Å². The monoisotopic (exact) mass is 266 g/mol. The highest BCUT2D eigenvalue weighted by atomic mass is 16.2. The van der Waals surface area contributed by atoms with Crippen LogP contribution in [0, 0.1) is 5.92 Å². The number of carbonyl (C=O) groups excluding carboxylic acids is 1. The molecule has 2 rings (SSSR count). The van der Waals surface area contributed by atoms with E-state index in [4.69, 9.17) is 0 Å². The number of nitrogens with zero attached hydrogens (tertiary/aromatic N) is 1. The van der Waals surface area contributed by atoms with E-state index in [2.05, 4.69) is 17.1 Å². The zero-order chi connectivity index (χ0) is 13.5. The highest BCUT2D eigenvalue weighted by Crippen LogP contribution is 2.22. The fourth-order valence-electron chi connectivity index (χ4n) is 3.59. The van der Waals surface area contributed by atoms with E-state index in [0.29, 0.717) is 18.5 Å². The first-order valence-corrected chi connectivity index (χ1v) is 8.30. The Hall–Kier alpha value is -0.570. The van der Waals surface area contributed by atoms with Crippen LogP contribution >= 0.6 is 0 Å². The maximum absolute atomic E-state index is 12.2. The van der Waals surface area contributed by atoms with E-state index in [9.17, 15) is 4.79 Å². The molecule has 110 valence electrons. The third kappa shape index (κ3) is 4.79. The molecule has 1 aliphatic heterocycles. The standard InChI is InChI=1S/C16H30N2O/c1-2-6-14-7-5-11-18(12-10-14)16(19)13-17-15-8-3-4-9-15/h14-15,17H,2-13H2,1H3. The molecule has 1 saturated carbocycles. The van der Waals surface area contributed by atoms with Gasteiger partial charge in [-0.05, 0) is 38.0 Å². The Morgan fingerprint density at radius 1 is 1.11 bits per heavy atom.